The zero-order chi connectivity index (χ0) is 21.2. The molecule has 0 aliphatic carbocycles. The first-order valence-corrected chi connectivity index (χ1v) is 10.5. The van der Waals surface area contributed by atoms with E-state index in [1.54, 1.807) is 4.90 Å². The predicted molar refractivity (Wildman–Crippen MR) is 105 cm³/mol. The fourth-order valence-electron chi connectivity index (χ4n) is 3.43. The molecule has 1 fully saturated rings. The average Bonchev–Trinajstić information content (AvgIpc) is 2.73. The number of ketones is 1. The van der Waals surface area contributed by atoms with Crippen molar-refractivity contribution in [3.8, 4) is 0 Å². The van der Waals surface area contributed by atoms with Gasteiger partial charge in [0.05, 0.1) is 9.82 Å². The van der Waals surface area contributed by atoms with Crippen LogP contribution in [0.5, 0.6) is 0 Å². The molecular weight excluding hydrogens is 401 g/mol. The fraction of sp³-hybridized carbons (Fsp3) is 0.316. The number of sulfonamides is 1. The number of nitrogens with one attached hydrogen (secondary N) is 1. The second-order valence-corrected chi connectivity index (χ2v) is 8.63. The minimum atomic E-state index is -3.80. The molecule has 2 aromatic carbocycles. The maximum absolute atomic E-state index is 13.0. The molecule has 1 N–H and O–H groups in total. The Bertz CT molecular complexity index is 1030. The molecule has 0 aromatic heterocycles. The fourth-order valence-corrected chi connectivity index (χ4v) is 4.18. The van der Waals surface area contributed by atoms with Crippen molar-refractivity contribution >= 4 is 27.2 Å². The maximum atomic E-state index is 13.0. The van der Waals surface area contributed by atoms with Crippen molar-refractivity contribution in [2.75, 3.05) is 25.0 Å². The molecule has 1 aliphatic heterocycles. The Labute approximate surface area is 167 Å². The van der Waals surface area contributed by atoms with Gasteiger partial charge in [0.15, 0.2) is 5.78 Å². The maximum Gasteiger partial charge on any atom is 0.293 e. The summed E-state index contributed by atoms with van der Waals surface area (Å²) in [5, 5.41) is 11.5. The van der Waals surface area contributed by atoms with E-state index in [1.165, 1.54) is 43.4 Å². The van der Waals surface area contributed by atoms with Gasteiger partial charge in [0.2, 0.25) is 10.0 Å². The SMILES string of the molecule is CNS(=O)(=O)c1ccc(N2CCC(C(=O)c3ccc(F)cc3)CC2)c([N+](=O)[O-])c1. The van der Waals surface area contributed by atoms with Crippen molar-refractivity contribution in [1.29, 1.82) is 0 Å². The molecule has 1 aliphatic rings. The summed E-state index contributed by atoms with van der Waals surface area (Å²) in [5.41, 5.74) is 0.458. The summed E-state index contributed by atoms with van der Waals surface area (Å²) < 4.78 is 39.0. The highest BCUT2D eigenvalue weighted by Crippen LogP contribution is 2.34. The number of halogens is 1. The van der Waals surface area contributed by atoms with Gasteiger partial charge in [-0.25, -0.2) is 17.5 Å². The first-order valence-electron chi connectivity index (χ1n) is 8.99. The summed E-state index contributed by atoms with van der Waals surface area (Å²) in [4.78, 5) is 25.1. The Morgan fingerprint density at radius 2 is 1.79 bits per heavy atom. The number of nitro groups is 1. The van der Waals surface area contributed by atoms with E-state index < -0.39 is 20.8 Å². The van der Waals surface area contributed by atoms with Crippen LogP contribution in [-0.4, -0.2) is 39.3 Å². The quantitative estimate of drug-likeness (QED) is 0.436. The molecule has 29 heavy (non-hydrogen) atoms. The summed E-state index contributed by atoms with van der Waals surface area (Å²) in [6, 6.07) is 9.18. The second-order valence-electron chi connectivity index (χ2n) is 6.75. The number of carbonyl (C=O) groups is 1. The summed E-state index contributed by atoms with van der Waals surface area (Å²) in [6.07, 6.45) is 0.980. The average molecular weight is 421 g/mol. The van der Waals surface area contributed by atoms with Gasteiger partial charge >= 0.3 is 0 Å². The molecule has 0 atom stereocenters. The van der Waals surface area contributed by atoms with Gasteiger partial charge in [-0.1, -0.05) is 0 Å². The Hall–Kier alpha value is -2.85. The molecule has 0 unspecified atom stereocenters. The summed E-state index contributed by atoms with van der Waals surface area (Å²) in [7, 11) is -2.57. The zero-order valence-corrected chi connectivity index (χ0v) is 16.5. The lowest BCUT2D eigenvalue weighted by atomic mass is 9.88. The van der Waals surface area contributed by atoms with Crippen molar-refractivity contribution in [2.45, 2.75) is 17.7 Å². The summed E-state index contributed by atoms with van der Waals surface area (Å²) >= 11 is 0. The third kappa shape index (κ3) is 4.43. The van der Waals surface area contributed by atoms with Crippen LogP contribution in [0.25, 0.3) is 0 Å². The Kier molecular flexibility index (Phi) is 5.94. The predicted octanol–water partition coefficient (Wildman–Crippen LogP) is 2.74. The van der Waals surface area contributed by atoms with Crippen molar-refractivity contribution in [1.82, 2.24) is 4.72 Å². The molecule has 8 nitrogen and oxygen atoms in total. The number of piperidine rings is 1. The Morgan fingerprint density at radius 1 is 1.17 bits per heavy atom. The van der Waals surface area contributed by atoms with E-state index in [9.17, 15) is 27.7 Å². The molecule has 154 valence electrons. The number of rotatable bonds is 6. The molecule has 3 rings (SSSR count). The van der Waals surface area contributed by atoms with E-state index in [2.05, 4.69) is 4.72 Å². The van der Waals surface area contributed by atoms with Gasteiger partial charge in [-0.05, 0) is 56.3 Å². The van der Waals surface area contributed by atoms with E-state index in [0.717, 1.165) is 6.07 Å². The lowest BCUT2D eigenvalue weighted by Gasteiger charge is -2.32. The van der Waals surface area contributed by atoms with E-state index in [0.29, 0.717) is 37.2 Å². The molecular formula is C19H20FN3O5S. The van der Waals surface area contributed by atoms with Gasteiger partial charge in [0.25, 0.3) is 5.69 Å². The zero-order valence-electron chi connectivity index (χ0n) is 15.7. The van der Waals surface area contributed by atoms with Gasteiger partial charge in [-0.3, -0.25) is 14.9 Å². The molecule has 1 saturated heterocycles. The van der Waals surface area contributed by atoms with Gasteiger partial charge < -0.3 is 4.90 Å². The van der Waals surface area contributed by atoms with Crippen LogP contribution in [0, 0.1) is 21.8 Å². The van der Waals surface area contributed by atoms with Crippen LogP contribution in [0.2, 0.25) is 0 Å². The second kappa shape index (κ2) is 8.26. The molecule has 0 spiro atoms. The highest BCUT2D eigenvalue weighted by atomic mass is 32.2. The van der Waals surface area contributed by atoms with E-state index in [-0.39, 0.29) is 22.3 Å². The normalized spacial score (nSPS) is 15.3. The lowest BCUT2D eigenvalue weighted by molar-refractivity contribution is -0.384. The van der Waals surface area contributed by atoms with Crippen LogP contribution in [0.3, 0.4) is 0 Å². The van der Waals surface area contributed by atoms with Crippen LogP contribution < -0.4 is 9.62 Å². The largest absolute Gasteiger partial charge is 0.366 e. The van der Waals surface area contributed by atoms with E-state index >= 15 is 0 Å². The summed E-state index contributed by atoms with van der Waals surface area (Å²) in [5.74, 6) is -0.735. The van der Waals surface area contributed by atoms with Gasteiger partial charge in [0, 0.05) is 30.6 Å². The number of nitrogens with zero attached hydrogens (tertiary/aromatic N) is 2. The highest BCUT2D eigenvalue weighted by Gasteiger charge is 2.30. The summed E-state index contributed by atoms with van der Waals surface area (Å²) in [6.45, 7) is 0.827. The number of carbonyl (C=O) groups excluding carboxylic acids is 1. The number of nitro benzene ring substituents is 1. The van der Waals surface area contributed by atoms with Crippen LogP contribution >= 0.6 is 0 Å². The molecule has 1 heterocycles. The van der Waals surface area contributed by atoms with Crippen LogP contribution in [0.15, 0.2) is 47.4 Å². The topological polar surface area (TPSA) is 110 Å². The molecule has 0 amide bonds. The van der Waals surface area contributed by atoms with Gasteiger partial charge in [0.1, 0.15) is 11.5 Å². The van der Waals surface area contributed by atoms with Crippen LogP contribution in [-0.2, 0) is 10.0 Å². The monoisotopic (exact) mass is 421 g/mol. The third-order valence-corrected chi connectivity index (χ3v) is 6.47. The first kappa shape index (κ1) is 20.9. The number of hydrogen-bond donors (Lipinski definition) is 1. The van der Waals surface area contributed by atoms with Gasteiger partial charge in [-0.15, -0.1) is 0 Å². The standard InChI is InChI=1S/C19H20FN3O5S/c1-21-29(27,28)16-6-7-17(18(12-16)23(25)26)22-10-8-14(9-11-22)19(24)13-2-4-15(20)5-3-13/h2-7,12,14,21H,8-11H2,1H3. The first-order chi connectivity index (χ1) is 13.7. The molecule has 0 saturated carbocycles. The number of anilines is 1. The van der Waals surface area contributed by atoms with Crippen molar-refractivity contribution in [3.63, 3.8) is 0 Å². The number of benzene rings is 2. The molecule has 0 radical (unpaired) electrons. The van der Waals surface area contributed by atoms with Crippen molar-refractivity contribution in [2.24, 2.45) is 5.92 Å². The van der Waals surface area contributed by atoms with Crippen LogP contribution in [0.1, 0.15) is 23.2 Å². The number of Topliss-reactive ketones (excluding diaryl/α,β-unsaturated/α-hetero) is 1. The Balaban J connectivity index is 1.77. The van der Waals surface area contributed by atoms with E-state index in [4.69, 9.17) is 0 Å². The molecule has 10 heteroatoms. The van der Waals surface area contributed by atoms with Crippen molar-refractivity contribution in [3.05, 3.63) is 64.0 Å². The minimum Gasteiger partial charge on any atom is -0.366 e. The van der Waals surface area contributed by atoms with Gasteiger partial charge in [-0.2, -0.15) is 0 Å². The smallest absolute Gasteiger partial charge is 0.293 e. The third-order valence-electron chi connectivity index (χ3n) is 5.06. The Morgan fingerprint density at radius 3 is 2.34 bits per heavy atom. The van der Waals surface area contributed by atoms with E-state index in [1.807, 2.05) is 0 Å². The van der Waals surface area contributed by atoms with Crippen LogP contribution in [0.4, 0.5) is 15.8 Å². The molecule has 2 aromatic rings. The highest BCUT2D eigenvalue weighted by molar-refractivity contribution is 7.89. The minimum absolute atomic E-state index is 0.0744. The molecule has 0 bridgehead atoms. The van der Waals surface area contributed by atoms with Crippen molar-refractivity contribution < 1.29 is 22.5 Å². The lowest BCUT2D eigenvalue weighted by Crippen LogP contribution is -2.36. The number of hydrogen-bond acceptors (Lipinski definition) is 6.